The first-order valence-electron chi connectivity index (χ1n) is 6.39. The van der Waals surface area contributed by atoms with Gasteiger partial charge in [0.1, 0.15) is 6.10 Å². The lowest BCUT2D eigenvalue weighted by molar-refractivity contribution is 0.0158. The Morgan fingerprint density at radius 1 is 1.28 bits per heavy atom. The molecule has 0 spiro atoms. The molecule has 0 aromatic heterocycles. The molecule has 2 aliphatic rings. The number of carbonyl (C=O) groups excluding carboxylic acids is 1. The van der Waals surface area contributed by atoms with Crippen molar-refractivity contribution in [2.75, 3.05) is 5.73 Å². The van der Waals surface area contributed by atoms with Crippen molar-refractivity contribution in [3.8, 4) is 0 Å². The lowest BCUT2D eigenvalue weighted by Crippen LogP contribution is -2.24. The molecule has 3 rings (SSSR count). The van der Waals surface area contributed by atoms with E-state index >= 15 is 0 Å². The van der Waals surface area contributed by atoms with Crippen LogP contribution in [0.1, 0.15) is 36.0 Å². The minimum atomic E-state index is -0.249. The molecule has 0 aliphatic heterocycles. The third kappa shape index (κ3) is 2.26. The average Bonchev–Trinajstić information content (AvgIpc) is 2.89. The van der Waals surface area contributed by atoms with Crippen LogP contribution in [0.5, 0.6) is 0 Å². The predicted molar refractivity (Wildman–Crippen MR) is 73.2 cm³/mol. The highest BCUT2D eigenvalue weighted by molar-refractivity contribution is 9.10. The van der Waals surface area contributed by atoms with Gasteiger partial charge in [-0.25, -0.2) is 4.79 Å². The van der Waals surface area contributed by atoms with Gasteiger partial charge in [-0.1, -0.05) is 15.9 Å². The molecule has 2 N–H and O–H groups in total. The van der Waals surface area contributed by atoms with Gasteiger partial charge in [-0.05, 0) is 55.7 Å². The molecule has 1 aromatic rings. The van der Waals surface area contributed by atoms with Crippen LogP contribution in [-0.4, -0.2) is 12.1 Å². The van der Waals surface area contributed by atoms with Gasteiger partial charge in [0, 0.05) is 10.2 Å². The molecule has 96 valence electrons. The van der Waals surface area contributed by atoms with Crippen LogP contribution >= 0.6 is 15.9 Å². The summed E-state index contributed by atoms with van der Waals surface area (Å²) in [6, 6.07) is 5.19. The van der Waals surface area contributed by atoms with Crippen molar-refractivity contribution in [1.82, 2.24) is 0 Å². The minimum absolute atomic E-state index is 0.122. The number of ether oxygens (including phenoxy) is 1. The number of nitrogens with two attached hydrogens (primary N) is 1. The van der Waals surface area contributed by atoms with E-state index in [1.54, 1.807) is 18.2 Å². The van der Waals surface area contributed by atoms with E-state index in [2.05, 4.69) is 15.9 Å². The summed E-state index contributed by atoms with van der Waals surface area (Å²) in [5.74, 6) is 1.12. The Hall–Kier alpha value is -1.03. The molecule has 2 saturated carbocycles. The van der Waals surface area contributed by atoms with Crippen molar-refractivity contribution >= 4 is 27.6 Å². The Morgan fingerprint density at radius 2 is 2.11 bits per heavy atom. The van der Waals surface area contributed by atoms with Crippen molar-refractivity contribution in [2.45, 2.75) is 31.8 Å². The summed E-state index contributed by atoms with van der Waals surface area (Å²) in [6.45, 7) is 0. The fourth-order valence-corrected chi connectivity index (χ4v) is 3.78. The fraction of sp³-hybridized carbons (Fsp3) is 0.500. The molecule has 18 heavy (non-hydrogen) atoms. The number of fused-ring (bicyclic) bond motifs is 2. The smallest absolute Gasteiger partial charge is 0.338 e. The molecule has 3 nitrogen and oxygen atoms in total. The molecular formula is C14H16BrNO2. The zero-order chi connectivity index (χ0) is 12.7. The number of halogens is 1. The van der Waals surface area contributed by atoms with E-state index in [1.165, 1.54) is 19.3 Å². The number of nitrogen functional groups attached to an aromatic ring is 1. The zero-order valence-electron chi connectivity index (χ0n) is 10.1. The lowest BCUT2D eigenvalue weighted by Gasteiger charge is -2.22. The molecule has 4 heteroatoms. The molecule has 3 unspecified atom stereocenters. The second kappa shape index (κ2) is 4.57. The van der Waals surface area contributed by atoms with Crippen molar-refractivity contribution in [3.05, 3.63) is 28.2 Å². The highest BCUT2D eigenvalue weighted by Gasteiger charge is 2.41. The standard InChI is InChI=1S/C14H16BrNO2/c15-11-5-10(6-12(16)7-11)14(17)18-13-4-8-1-2-9(13)3-8/h5-9,13H,1-4,16H2. The summed E-state index contributed by atoms with van der Waals surface area (Å²) in [5, 5.41) is 0. The molecule has 0 radical (unpaired) electrons. The first-order valence-corrected chi connectivity index (χ1v) is 7.18. The van der Waals surface area contributed by atoms with Crippen LogP contribution in [0.4, 0.5) is 5.69 Å². The number of rotatable bonds is 2. The lowest BCUT2D eigenvalue weighted by atomic mass is 9.98. The molecule has 1 aromatic carbocycles. The summed E-state index contributed by atoms with van der Waals surface area (Å²) in [4.78, 5) is 12.1. The van der Waals surface area contributed by atoms with Crippen LogP contribution < -0.4 is 5.73 Å². The fourth-order valence-electron chi connectivity index (χ4n) is 3.27. The first-order chi connectivity index (χ1) is 8.61. The maximum absolute atomic E-state index is 12.1. The van der Waals surface area contributed by atoms with E-state index in [-0.39, 0.29) is 12.1 Å². The molecular weight excluding hydrogens is 294 g/mol. The number of hydrogen-bond acceptors (Lipinski definition) is 3. The van der Waals surface area contributed by atoms with Gasteiger partial charge >= 0.3 is 5.97 Å². The third-order valence-electron chi connectivity index (χ3n) is 4.09. The Bertz CT molecular complexity index is 468. The Kier molecular flexibility index (Phi) is 3.06. The van der Waals surface area contributed by atoms with E-state index in [1.807, 2.05) is 0 Å². The van der Waals surface area contributed by atoms with Crippen molar-refractivity contribution < 1.29 is 9.53 Å². The van der Waals surface area contributed by atoms with Crippen molar-refractivity contribution in [3.63, 3.8) is 0 Å². The van der Waals surface area contributed by atoms with Gasteiger partial charge in [-0.3, -0.25) is 0 Å². The highest BCUT2D eigenvalue weighted by Crippen LogP contribution is 2.46. The summed E-state index contributed by atoms with van der Waals surface area (Å²) in [7, 11) is 0. The molecule has 0 heterocycles. The molecule has 0 amide bonds. The minimum Gasteiger partial charge on any atom is -0.458 e. The van der Waals surface area contributed by atoms with Gasteiger partial charge in [-0.2, -0.15) is 0 Å². The SMILES string of the molecule is Nc1cc(Br)cc(C(=O)OC2CC3CCC2C3)c1. The average molecular weight is 310 g/mol. The number of benzene rings is 1. The van der Waals surface area contributed by atoms with Gasteiger partial charge in [0.2, 0.25) is 0 Å². The van der Waals surface area contributed by atoms with Gasteiger partial charge in [0.25, 0.3) is 0 Å². The second-order valence-corrected chi connectivity index (χ2v) is 6.31. The molecule has 0 saturated heterocycles. The van der Waals surface area contributed by atoms with Crippen LogP contribution in [0, 0.1) is 11.8 Å². The Balaban J connectivity index is 1.71. The molecule has 3 atom stereocenters. The van der Waals surface area contributed by atoms with Gasteiger partial charge in [0.15, 0.2) is 0 Å². The number of esters is 1. The van der Waals surface area contributed by atoms with Crippen LogP contribution in [-0.2, 0) is 4.74 Å². The molecule has 2 aliphatic carbocycles. The predicted octanol–water partition coefficient (Wildman–Crippen LogP) is 3.38. The first kappa shape index (κ1) is 12.0. The van der Waals surface area contributed by atoms with E-state index in [9.17, 15) is 4.79 Å². The quantitative estimate of drug-likeness (QED) is 0.673. The van der Waals surface area contributed by atoms with Crippen LogP contribution in [0.3, 0.4) is 0 Å². The third-order valence-corrected chi connectivity index (χ3v) is 4.55. The largest absolute Gasteiger partial charge is 0.458 e. The maximum Gasteiger partial charge on any atom is 0.338 e. The number of carbonyl (C=O) groups is 1. The normalized spacial score (nSPS) is 29.5. The summed E-state index contributed by atoms with van der Waals surface area (Å²) in [5.41, 5.74) is 6.83. The Labute approximate surface area is 115 Å². The molecule has 2 fully saturated rings. The maximum atomic E-state index is 12.1. The summed E-state index contributed by atoms with van der Waals surface area (Å²) >= 11 is 3.34. The monoisotopic (exact) mass is 309 g/mol. The number of hydrogen-bond donors (Lipinski definition) is 1. The van der Waals surface area contributed by atoms with Crippen LogP contribution in [0.15, 0.2) is 22.7 Å². The van der Waals surface area contributed by atoms with E-state index < -0.39 is 0 Å². The van der Waals surface area contributed by atoms with Gasteiger partial charge < -0.3 is 10.5 Å². The van der Waals surface area contributed by atoms with Crippen molar-refractivity contribution in [1.29, 1.82) is 0 Å². The summed E-state index contributed by atoms with van der Waals surface area (Å²) < 4.78 is 6.43. The highest BCUT2D eigenvalue weighted by atomic mass is 79.9. The van der Waals surface area contributed by atoms with Crippen LogP contribution in [0.25, 0.3) is 0 Å². The van der Waals surface area contributed by atoms with Gasteiger partial charge in [-0.15, -0.1) is 0 Å². The second-order valence-electron chi connectivity index (χ2n) is 5.39. The Morgan fingerprint density at radius 3 is 2.72 bits per heavy atom. The van der Waals surface area contributed by atoms with E-state index in [0.29, 0.717) is 17.2 Å². The van der Waals surface area contributed by atoms with Crippen molar-refractivity contribution in [2.24, 2.45) is 11.8 Å². The van der Waals surface area contributed by atoms with E-state index in [0.717, 1.165) is 16.8 Å². The number of anilines is 1. The van der Waals surface area contributed by atoms with Gasteiger partial charge in [0.05, 0.1) is 5.56 Å². The topological polar surface area (TPSA) is 52.3 Å². The van der Waals surface area contributed by atoms with E-state index in [4.69, 9.17) is 10.5 Å². The van der Waals surface area contributed by atoms with Crippen LogP contribution in [0.2, 0.25) is 0 Å². The molecule has 2 bridgehead atoms. The zero-order valence-corrected chi connectivity index (χ0v) is 11.7. The summed E-state index contributed by atoms with van der Waals surface area (Å²) in [6.07, 6.45) is 4.92.